The largest absolute Gasteiger partial charge is 0.441 e. The lowest BCUT2D eigenvalue weighted by Gasteiger charge is -2.14. The van der Waals surface area contributed by atoms with Crippen molar-refractivity contribution in [3.05, 3.63) is 36.2 Å². The van der Waals surface area contributed by atoms with Gasteiger partial charge < -0.3 is 20.2 Å². The zero-order valence-corrected chi connectivity index (χ0v) is 13.7. The molecule has 0 saturated carbocycles. The van der Waals surface area contributed by atoms with E-state index in [-0.39, 0.29) is 18.1 Å². The fraction of sp³-hybridized carbons (Fsp3) is 0.412. The van der Waals surface area contributed by atoms with E-state index in [9.17, 15) is 9.90 Å². The molecule has 6 heteroatoms. The molecule has 1 aromatic heterocycles. The number of aliphatic hydroxyl groups excluding tert-OH is 1. The van der Waals surface area contributed by atoms with Crippen LogP contribution in [-0.2, 0) is 0 Å². The van der Waals surface area contributed by atoms with Gasteiger partial charge >= 0.3 is 6.03 Å². The molecule has 0 aliphatic heterocycles. The number of amides is 2. The molecule has 0 bridgehead atoms. The lowest BCUT2D eigenvalue weighted by molar-refractivity contribution is 0.163. The third kappa shape index (κ3) is 5.41. The first-order valence-corrected chi connectivity index (χ1v) is 7.70. The number of nitrogens with zero attached hydrogens (tertiary/aromatic N) is 1. The van der Waals surface area contributed by atoms with Crippen molar-refractivity contribution in [1.82, 2.24) is 10.3 Å². The summed E-state index contributed by atoms with van der Waals surface area (Å²) < 4.78 is 5.48. The molecule has 23 heavy (non-hydrogen) atoms. The van der Waals surface area contributed by atoms with Crippen molar-refractivity contribution in [3.63, 3.8) is 0 Å². The molecular weight excluding hydrogens is 294 g/mol. The number of aliphatic hydroxyl groups is 1. The van der Waals surface area contributed by atoms with Crippen molar-refractivity contribution in [2.24, 2.45) is 5.92 Å². The van der Waals surface area contributed by atoms with Crippen LogP contribution in [0.15, 0.2) is 34.9 Å². The Balaban J connectivity index is 1.91. The van der Waals surface area contributed by atoms with Crippen LogP contribution in [0.4, 0.5) is 10.5 Å². The van der Waals surface area contributed by atoms with Crippen LogP contribution in [-0.4, -0.2) is 28.8 Å². The average molecular weight is 317 g/mol. The lowest BCUT2D eigenvalue weighted by atomic mass is 10.1. The van der Waals surface area contributed by atoms with Crippen LogP contribution >= 0.6 is 0 Å². The third-order valence-electron chi connectivity index (χ3n) is 3.34. The van der Waals surface area contributed by atoms with Crippen molar-refractivity contribution in [1.29, 1.82) is 0 Å². The van der Waals surface area contributed by atoms with E-state index >= 15 is 0 Å². The van der Waals surface area contributed by atoms with E-state index in [4.69, 9.17) is 4.42 Å². The molecule has 0 saturated heterocycles. The number of rotatable bonds is 6. The Kier molecular flexibility index (Phi) is 5.76. The van der Waals surface area contributed by atoms with Crippen molar-refractivity contribution < 1.29 is 14.3 Å². The average Bonchev–Trinajstić information content (AvgIpc) is 2.91. The fourth-order valence-corrected chi connectivity index (χ4v) is 2.33. The number of anilines is 1. The highest BCUT2D eigenvalue weighted by Gasteiger charge is 2.10. The topological polar surface area (TPSA) is 87.4 Å². The molecule has 0 fully saturated rings. The highest BCUT2D eigenvalue weighted by atomic mass is 16.4. The summed E-state index contributed by atoms with van der Waals surface area (Å²) in [6.07, 6.45) is 1.95. The number of urea groups is 1. The number of aromatic nitrogens is 1. The van der Waals surface area contributed by atoms with Crippen molar-refractivity contribution in [2.45, 2.75) is 33.3 Å². The van der Waals surface area contributed by atoms with Crippen LogP contribution < -0.4 is 10.6 Å². The van der Waals surface area contributed by atoms with Gasteiger partial charge in [0.1, 0.15) is 5.76 Å². The molecule has 0 radical (unpaired) electrons. The zero-order valence-electron chi connectivity index (χ0n) is 13.7. The summed E-state index contributed by atoms with van der Waals surface area (Å²) in [6, 6.07) is 7.05. The van der Waals surface area contributed by atoms with Gasteiger partial charge in [-0.1, -0.05) is 13.0 Å². The summed E-state index contributed by atoms with van der Waals surface area (Å²) >= 11 is 0. The number of oxazole rings is 1. The lowest BCUT2D eigenvalue weighted by Crippen LogP contribution is -2.33. The van der Waals surface area contributed by atoms with Crippen LogP contribution in [0.5, 0.6) is 0 Å². The predicted octanol–water partition coefficient (Wildman–Crippen LogP) is 3.18. The van der Waals surface area contributed by atoms with E-state index < -0.39 is 0 Å². The molecule has 2 atom stereocenters. The summed E-state index contributed by atoms with van der Waals surface area (Å²) in [5.41, 5.74) is 1.47. The molecule has 6 nitrogen and oxygen atoms in total. The highest BCUT2D eigenvalue weighted by Crippen LogP contribution is 2.22. The quantitative estimate of drug-likeness (QED) is 0.763. The molecule has 2 aromatic rings. The standard InChI is InChI=1S/C17H23N3O3/c1-11(7-12(2)21)9-19-17(22)20-15-6-4-5-14(8-15)16-18-10-13(3)23-16/h4-6,8,10-12,21H,7,9H2,1-3H3,(H2,19,20,22). The van der Waals surface area contributed by atoms with Gasteiger partial charge in [-0.3, -0.25) is 0 Å². The number of carbonyl (C=O) groups excluding carboxylic acids is 1. The summed E-state index contributed by atoms with van der Waals surface area (Å²) in [5, 5.41) is 14.9. The summed E-state index contributed by atoms with van der Waals surface area (Å²) in [6.45, 7) is 6.07. The van der Waals surface area contributed by atoms with E-state index in [1.54, 1.807) is 19.2 Å². The van der Waals surface area contributed by atoms with Crippen molar-refractivity contribution in [2.75, 3.05) is 11.9 Å². The van der Waals surface area contributed by atoms with Crippen LogP contribution in [0.1, 0.15) is 26.0 Å². The van der Waals surface area contributed by atoms with Gasteiger partial charge in [-0.15, -0.1) is 0 Å². The van der Waals surface area contributed by atoms with E-state index in [1.165, 1.54) is 0 Å². The SMILES string of the molecule is Cc1cnc(-c2cccc(NC(=O)NCC(C)CC(C)O)c2)o1. The Morgan fingerprint density at radius 3 is 2.83 bits per heavy atom. The van der Waals surface area contributed by atoms with Gasteiger partial charge in [-0.25, -0.2) is 9.78 Å². The van der Waals surface area contributed by atoms with Crippen LogP contribution in [0, 0.1) is 12.8 Å². The highest BCUT2D eigenvalue weighted by molar-refractivity contribution is 5.89. The normalized spacial score (nSPS) is 13.4. The number of benzene rings is 1. The fourth-order valence-electron chi connectivity index (χ4n) is 2.33. The molecule has 0 spiro atoms. The Labute approximate surface area is 135 Å². The van der Waals surface area contributed by atoms with Gasteiger partial charge in [-0.05, 0) is 44.4 Å². The molecular formula is C17H23N3O3. The minimum absolute atomic E-state index is 0.211. The molecule has 0 aliphatic rings. The monoisotopic (exact) mass is 317 g/mol. The molecule has 1 heterocycles. The first-order valence-electron chi connectivity index (χ1n) is 7.70. The van der Waals surface area contributed by atoms with Gasteiger partial charge in [0, 0.05) is 17.8 Å². The number of carbonyl (C=O) groups is 1. The molecule has 2 unspecified atom stereocenters. The van der Waals surface area contributed by atoms with Crippen molar-refractivity contribution in [3.8, 4) is 11.5 Å². The number of aryl methyl sites for hydroxylation is 1. The maximum Gasteiger partial charge on any atom is 0.319 e. The van der Waals surface area contributed by atoms with E-state index in [1.807, 2.05) is 32.0 Å². The van der Waals surface area contributed by atoms with Crippen LogP contribution in [0.25, 0.3) is 11.5 Å². The molecule has 1 aromatic carbocycles. The minimum Gasteiger partial charge on any atom is -0.441 e. The van der Waals surface area contributed by atoms with E-state index in [0.29, 0.717) is 24.5 Å². The Morgan fingerprint density at radius 1 is 1.39 bits per heavy atom. The van der Waals surface area contributed by atoms with Gasteiger partial charge in [0.2, 0.25) is 5.89 Å². The van der Waals surface area contributed by atoms with Gasteiger partial charge in [0.05, 0.1) is 12.3 Å². The van der Waals surface area contributed by atoms with Crippen LogP contribution in [0.2, 0.25) is 0 Å². The summed E-state index contributed by atoms with van der Waals surface area (Å²) in [7, 11) is 0. The zero-order chi connectivity index (χ0) is 16.8. The molecule has 2 amide bonds. The molecule has 3 N–H and O–H groups in total. The second-order valence-corrected chi connectivity index (χ2v) is 5.88. The second kappa shape index (κ2) is 7.78. The number of hydrogen-bond donors (Lipinski definition) is 3. The van der Waals surface area contributed by atoms with E-state index in [0.717, 1.165) is 11.3 Å². The van der Waals surface area contributed by atoms with Gasteiger partial charge in [-0.2, -0.15) is 0 Å². The molecule has 0 aliphatic carbocycles. The third-order valence-corrected chi connectivity index (χ3v) is 3.34. The second-order valence-electron chi connectivity index (χ2n) is 5.88. The van der Waals surface area contributed by atoms with Crippen LogP contribution in [0.3, 0.4) is 0 Å². The smallest absolute Gasteiger partial charge is 0.319 e. The van der Waals surface area contributed by atoms with Crippen molar-refractivity contribution >= 4 is 11.7 Å². The first kappa shape index (κ1) is 17.0. The molecule has 124 valence electrons. The maximum atomic E-state index is 11.9. The van der Waals surface area contributed by atoms with Gasteiger partial charge in [0.15, 0.2) is 0 Å². The number of nitrogens with one attached hydrogen (secondary N) is 2. The molecule has 2 rings (SSSR count). The minimum atomic E-state index is -0.365. The Bertz CT molecular complexity index is 652. The predicted molar refractivity (Wildman–Crippen MR) is 89.2 cm³/mol. The maximum absolute atomic E-state index is 11.9. The van der Waals surface area contributed by atoms with E-state index in [2.05, 4.69) is 15.6 Å². The summed E-state index contributed by atoms with van der Waals surface area (Å²) in [5.74, 6) is 1.47. The van der Waals surface area contributed by atoms with Gasteiger partial charge in [0.25, 0.3) is 0 Å². The summed E-state index contributed by atoms with van der Waals surface area (Å²) in [4.78, 5) is 16.1. The Hall–Kier alpha value is -2.34. The Morgan fingerprint density at radius 2 is 2.17 bits per heavy atom. The first-order chi connectivity index (χ1) is 10.9. The number of hydrogen-bond acceptors (Lipinski definition) is 4.